The van der Waals surface area contributed by atoms with E-state index < -0.39 is 0 Å². The molecule has 4 nitrogen and oxygen atoms in total. The Hall–Kier alpha value is -2.27. The Labute approximate surface area is 151 Å². The normalized spacial score (nSPS) is 15.6. The number of rotatable bonds is 4. The molecule has 0 N–H and O–H groups in total. The molecule has 0 unspecified atom stereocenters. The first-order valence-electron chi connectivity index (χ1n) is 8.72. The van der Waals surface area contributed by atoms with Gasteiger partial charge in [-0.2, -0.15) is 0 Å². The molecule has 0 aliphatic carbocycles. The maximum Gasteiger partial charge on any atom is 0.235 e. The van der Waals surface area contributed by atoms with E-state index in [4.69, 9.17) is 4.98 Å². The summed E-state index contributed by atoms with van der Waals surface area (Å²) >= 11 is 1.55. The molecule has 128 valence electrons. The average molecular weight is 351 g/mol. The van der Waals surface area contributed by atoms with Crippen molar-refractivity contribution in [2.75, 3.05) is 13.1 Å². The van der Waals surface area contributed by atoms with Gasteiger partial charge in [0, 0.05) is 18.8 Å². The van der Waals surface area contributed by atoms with Gasteiger partial charge < -0.3 is 4.90 Å². The molecule has 3 aromatic rings. The van der Waals surface area contributed by atoms with Gasteiger partial charge in [0.2, 0.25) is 5.91 Å². The molecule has 1 aromatic heterocycles. The average Bonchev–Trinajstić information content (AvgIpc) is 3.29. The monoisotopic (exact) mass is 351 g/mol. The fraction of sp³-hybridized carbons (Fsp3) is 0.300. The van der Waals surface area contributed by atoms with Crippen LogP contribution >= 0.6 is 11.8 Å². The van der Waals surface area contributed by atoms with E-state index in [-0.39, 0.29) is 11.2 Å². The smallest absolute Gasteiger partial charge is 0.235 e. The number of hydrogen-bond acceptors (Lipinski definition) is 3. The summed E-state index contributed by atoms with van der Waals surface area (Å²) < 4.78 is 2.15. The summed E-state index contributed by atoms with van der Waals surface area (Å²) in [5, 5.41) is 0.727. The van der Waals surface area contributed by atoms with E-state index in [9.17, 15) is 4.79 Å². The van der Waals surface area contributed by atoms with Crippen LogP contribution in [-0.2, 0) is 4.79 Å². The summed E-state index contributed by atoms with van der Waals surface area (Å²) in [7, 11) is 0. The number of benzene rings is 2. The summed E-state index contributed by atoms with van der Waals surface area (Å²) in [5.41, 5.74) is 3.09. The fourth-order valence-electron chi connectivity index (χ4n) is 3.31. The van der Waals surface area contributed by atoms with Gasteiger partial charge in [-0.3, -0.25) is 9.36 Å². The van der Waals surface area contributed by atoms with Crippen LogP contribution in [0, 0.1) is 0 Å². The first-order valence-corrected chi connectivity index (χ1v) is 9.60. The molecular weight excluding hydrogens is 330 g/mol. The quantitative estimate of drug-likeness (QED) is 0.664. The Balaban J connectivity index is 1.70. The molecule has 25 heavy (non-hydrogen) atoms. The van der Waals surface area contributed by atoms with Crippen LogP contribution < -0.4 is 0 Å². The number of hydrogen-bond donors (Lipinski definition) is 0. The van der Waals surface area contributed by atoms with Crippen molar-refractivity contribution in [1.29, 1.82) is 0 Å². The molecule has 1 aliphatic rings. The molecule has 2 heterocycles. The second-order valence-electron chi connectivity index (χ2n) is 6.35. The summed E-state index contributed by atoms with van der Waals surface area (Å²) in [6, 6.07) is 18.3. The second kappa shape index (κ2) is 6.92. The van der Waals surface area contributed by atoms with Crippen LogP contribution in [0.5, 0.6) is 0 Å². The van der Waals surface area contributed by atoms with Crippen molar-refractivity contribution in [2.24, 2.45) is 0 Å². The predicted molar refractivity (Wildman–Crippen MR) is 102 cm³/mol. The molecule has 1 atom stereocenters. The zero-order valence-electron chi connectivity index (χ0n) is 14.3. The molecule has 1 aliphatic heterocycles. The number of imidazole rings is 1. The first kappa shape index (κ1) is 16.2. The van der Waals surface area contributed by atoms with Gasteiger partial charge in [0.15, 0.2) is 5.16 Å². The van der Waals surface area contributed by atoms with Gasteiger partial charge in [-0.15, -0.1) is 0 Å². The summed E-state index contributed by atoms with van der Waals surface area (Å²) in [5.74, 6) is 0.217. The molecule has 2 aromatic carbocycles. The van der Waals surface area contributed by atoms with Crippen LogP contribution in [-0.4, -0.2) is 38.7 Å². The number of fused-ring (bicyclic) bond motifs is 1. The number of thioether (sulfide) groups is 1. The Morgan fingerprint density at radius 1 is 1.04 bits per heavy atom. The van der Waals surface area contributed by atoms with E-state index in [0.717, 1.165) is 47.8 Å². The minimum Gasteiger partial charge on any atom is -0.342 e. The van der Waals surface area contributed by atoms with Gasteiger partial charge in [0.25, 0.3) is 0 Å². The third-order valence-corrected chi connectivity index (χ3v) is 5.63. The van der Waals surface area contributed by atoms with E-state index in [0.29, 0.717) is 0 Å². The molecule has 4 rings (SSSR count). The summed E-state index contributed by atoms with van der Waals surface area (Å²) in [4.78, 5) is 19.5. The number of carbonyl (C=O) groups excluding carboxylic acids is 1. The third kappa shape index (κ3) is 3.16. The van der Waals surface area contributed by atoms with Crippen molar-refractivity contribution >= 4 is 28.7 Å². The predicted octanol–water partition coefficient (Wildman–Crippen LogP) is 4.13. The molecule has 0 saturated carbocycles. The highest BCUT2D eigenvalue weighted by Gasteiger charge is 2.26. The molecule has 0 radical (unpaired) electrons. The van der Waals surface area contributed by atoms with E-state index in [1.165, 1.54) is 0 Å². The van der Waals surface area contributed by atoms with Crippen molar-refractivity contribution in [3.05, 3.63) is 54.6 Å². The molecule has 1 amide bonds. The van der Waals surface area contributed by atoms with Crippen LogP contribution in [0.4, 0.5) is 0 Å². The maximum absolute atomic E-state index is 12.7. The fourth-order valence-corrected chi connectivity index (χ4v) is 4.34. The van der Waals surface area contributed by atoms with Crippen molar-refractivity contribution in [1.82, 2.24) is 14.5 Å². The van der Waals surface area contributed by atoms with Crippen LogP contribution in [0.3, 0.4) is 0 Å². The Bertz CT molecular complexity index is 884. The zero-order chi connectivity index (χ0) is 17.2. The van der Waals surface area contributed by atoms with E-state index >= 15 is 0 Å². The standard InChI is InChI=1S/C20H21N3OS/c1-15(19(24)22-13-7-8-14-22)25-20-21-17-11-5-6-12-18(17)23(20)16-9-3-2-4-10-16/h2-6,9-12,15H,7-8,13-14H2,1H3/t15-/m0/s1. The van der Waals surface area contributed by atoms with Crippen molar-refractivity contribution in [3.8, 4) is 5.69 Å². The molecule has 0 spiro atoms. The highest BCUT2D eigenvalue weighted by atomic mass is 32.2. The van der Waals surface area contributed by atoms with Gasteiger partial charge in [-0.05, 0) is 44.0 Å². The third-order valence-electron chi connectivity index (χ3n) is 4.59. The number of likely N-dealkylation sites (tertiary alicyclic amines) is 1. The van der Waals surface area contributed by atoms with E-state index in [1.54, 1.807) is 11.8 Å². The topological polar surface area (TPSA) is 38.1 Å². The summed E-state index contributed by atoms with van der Waals surface area (Å²) in [6.45, 7) is 3.76. The van der Waals surface area contributed by atoms with Crippen LogP contribution in [0.15, 0.2) is 59.8 Å². The van der Waals surface area contributed by atoms with Crippen molar-refractivity contribution in [3.63, 3.8) is 0 Å². The highest BCUT2D eigenvalue weighted by Crippen LogP contribution is 2.31. The van der Waals surface area contributed by atoms with Crippen LogP contribution in [0.25, 0.3) is 16.7 Å². The zero-order valence-corrected chi connectivity index (χ0v) is 15.1. The Morgan fingerprint density at radius 3 is 2.48 bits per heavy atom. The molecule has 1 saturated heterocycles. The molecule has 1 fully saturated rings. The lowest BCUT2D eigenvalue weighted by molar-refractivity contribution is -0.129. The van der Waals surface area contributed by atoms with E-state index in [1.807, 2.05) is 48.2 Å². The second-order valence-corrected chi connectivity index (χ2v) is 7.65. The first-order chi connectivity index (χ1) is 12.2. The lowest BCUT2D eigenvalue weighted by Gasteiger charge is -2.20. The van der Waals surface area contributed by atoms with Gasteiger partial charge in [-0.25, -0.2) is 4.98 Å². The lowest BCUT2D eigenvalue weighted by Crippen LogP contribution is -2.34. The van der Waals surface area contributed by atoms with E-state index in [2.05, 4.69) is 22.8 Å². The molecular formula is C20H21N3OS. The minimum absolute atomic E-state index is 0.141. The largest absolute Gasteiger partial charge is 0.342 e. The highest BCUT2D eigenvalue weighted by molar-refractivity contribution is 8.00. The SMILES string of the molecule is C[C@H](Sc1nc2ccccc2n1-c1ccccc1)C(=O)N1CCCC1. The maximum atomic E-state index is 12.7. The van der Waals surface area contributed by atoms with Crippen LogP contribution in [0.2, 0.25) is 0 Å². The Kier molecular flexibility index (Phi) is 4.49. The lowest BCUT2D eigenvalue weighted by atomic mass is 10.3. The minimum atomic E-state index is -0.141. The number of nitrogens with zero attached hydrogens (tertiary/aromatic N) is 3. The molecule has 0 bridgehead atoms. The van der Waals surface area contributed by atoms with Crippen LogP contribution in [0.1, 0.15) is 19.8 Å². The number of amides is 1. The van der Waals surface area contributed by atoms with Gasteiger partial charge in [0.1, 0.15) is 0 Å². The van der Waals surface area contributed by atoms with Gasteiger partial charge >= 0.3 is 0 Å². The number of para-hydroxylation sites is 3. The summed E-state index contributed by atoms with van der Waals surface area (Å²) in [6.07, 6.45) is 2.23. The Morgan fingerprint density at radius 2 is 1.72 bits per heavy atom. The van der Waals surface area contributed by atoms with Gasteiger partial charge in [-0.1, -0.05) is 42.1 Å². The molecule has 5 heteroatoms. The van der Waals surface area contributed by atoms with Crippen molar-refractivity contribution < 1.29 is 4.79 Å². The number of aromatic nitrogens is 2. The van der Waals surface area contributed by atoms with Crippen molar-refractivity contribution in [2.45, 2.75) is 30.2 Å². The number of carbonyl (C=O) groups is 1. The van der Waals surface area contributed by atoms with Gasteiger partial charge in [0.05, 0.1) is 16.3 Å².